The third-order valence-corrected chi connectivity index (χ3v) is 2.65. The molecule has 19 heavy (non-hydrogen) atoms. The van der Waals surface area contributed by atoms with E-state index in [9.17, 15) is 9.59 Å². The van der Waals surface area contributed by atoms with Crippen LogP contribution in [0.2, 0.25) is 0 Å². The van der Waals surface area contributed by atoms with Crippen molar-refractivity contribution in [3.8, 4) is 0 Å². The molecule has 0 aromatic carbocycles. The normalized spacial score (nSPS) is 13.7. The molecule has 0 atom stereocenters. The molecular formula is C12H16N4O3. The van der Waals surface area contributed by atoms with Crippen LogP contribution < -0.4 is 10.6 Å². The lowest BCUT2D eigenvalue weighted by molar-refractivity contribution is -0.120. The predicted molar refractivity (Wildman–Crippen MR) is 67.6 cm³/mol. The highest BCUT2D eigenvalue weighted by Crippen LogP contribution is 2.18. The average Bonchev–Trinajstić information content (AvgIpc) is 3.22. The Morgan fingerprint density at radius 3 is 2.74 bits per heavy atom. The fourth-order valence-electron chi connectivity index (χ4n) is 1.46. The average molecular weight is 264 g/mol. The minimum absolute atomic E-state index is 0.0362. The predicted octanol–water partition coefficient (Wildman–Crippen LogP) is 0.344. The zero-order valence-electron chi connectivity index (χ0n) is 10.7. The summed E-state index contributed by atoms with van der Waals surface area (Å²) in [6.07, 6.45) is 5.32. The first-order valence-electron chi connectivity index (χ1n) is 6.12. The third-order valence-electron chi connectivity index (χ3n) is 2.65. The lowest BCUT2D eigenvalue weighted by Crippen LogP contribution is -2.27. The summed E-state index contributed by atoms with van der Waals surface area (Å²) in [5.74, 6) is 0.0314. The Hall–Kier alpha value is -2.18. The van der Waals surface area contributed by atoms with Gasteiger partial charge in [0.25, 0.3) is 0 Å². The van der Waals surface area contributed by atoms with Crippen molar-refractivity contribution < 1.29 is 14.3 Å². The van der Waals surface area contributed by atoms with Crippen LogP contribution in [0, 0.1) is 0 Å². The minimum Gasteiger partial charge on any atom is -0.464 e. The van der Waals surface area contributed by atoms with Gasteiger partial charge in [0.2, 0.25) is 5.91 Å². The first-order valence-corrected chi connectivity index (χ1v) is 6.12. The van der Waals surface area contributed by atoms with Gasteiger partial charge in [-0.3, -0.25) is 4.79 Å². The molecule has 1 aromatic rings. The number of aromatic nitrogens is 2. The SMILES string of the molecule is COC(=O)c1cnc(NCCC(=O)NC2CC2)cn1. The molecule has 7 heteroatoms. The topological polar surface area (TPSA) is 93.2 Å². The maximum Gasteiger partial charge on any atom is 0.358 e. The second-order valence-corrected chi connectivity index (χ2v) is 4.30. The number of hydrogen-bond acceptors (Lipinski definition) is 6. The molecule has 1 saturated carbocycles. The van der Waals surface area contributed by atoms with Crippen LogP contribution in [0.3, 0.4) is 0 Å². The van der Waals surface area contributed by atoms with Gasteiger partial charge < -0.3 is 15.4 Å². The molecule has 1 aliphatic carbocycles. The first kappa shape index (κ1) is 13.3. The standard InChI is InChI=1S/C12H16N4O3/c1-19-12(18)9-6-15-10(7-14-9)13-5-4-11(17)16-8-2-3-8/h6-8H,2-5H2,1H3,(H,13,15)(H,16,17). The second kappa shape index (κ2) is 6.12. The highest BCUT2D eigenvalue weighted by molar-refractivity contribution is 5.86. The number of amides is 1. The van der Waals surface area contributed by atoms with Crippen molar-refractivity contribution in [1.82, 2.24) is 15.3 Å². The number of carbonyl (C=O) groups is 2. The molecule has 0 spiro atoms. The Kier molecular flexibility index (Phi) is 4.27. The van der Waals surface area contributed by atoms with Gasteiger partial charge in [-0.05, 0) is 12.8 Å². The molecule has 0 saturated heterocycles. The quantitative estimate of drug-likeness (QED) is 0.720. The van der Waals surface area contributed by atoms with Gasteiger partial charge in [0.05, 0.1) is 19.5 Å². The highest BCUT2D eigenvalue weighted by Gasteiger charge is 2.22. The van der Waals surface area contributed by atoms with E-state index in [0.29, 0.717) is 24.8 Å². The van der Waals surface area contributed by atoms with Crippen molar-refractivity contribution in [3.05, 3.63) is 18.1 Å². The molecule has 1 fully saturated rings. The number of hydrogen-bond donors (Lipinski definition) is 2. The summed E-state index contributed by atoms with van der Waals surface area (Å²) in [5, 5.41) is 5.86. The van der Waals surface area contributed by atoms with Crippen LogP contribution in [0.4, 0.5) is 5.82 Å². The first-order chi connectivity index (χ1) is 9.19. The Bertz CT molecular complexity index is 457. The number of methoxy groups -OCH3 is 1. The van der Waals surface area contributed by atoms with E-state index >= 15 is 0 Å². The number of anilines is 1. The Morgan fingerprint density at radius 1 is 1.37 bits per heavy atom. The van der Waals surface area contributed by atoms with Gasteiger partial charge in [0, 0.05) is 19.0 Å². The molecule has 2 N–H and O–H groups in total. The van der Waals surface area contributed by atoms with Crippen LogP contribution in [-0.2, 0) is 9.53 Å². The number of rotatable bonds is 6. The summed E-state index contributed by atoms with van der Waals surface area (Å²) in [7, 11) is 1.29. The van der Waals surface area contributed by atoms with Crippen LogP contribution >= 0.6 is 0 Å². The molecule has 1 amide bonds. The molecule has 1 heterocycles. The summed E-state index contributed by atoms with van der Waals surface area (Å²) < 4.78 is 4.52. The molecule has 0 aliphatic heterocycles. The third kappa shape index (κ3) is 4.20. The fourth-order valence-corrected chi connectivity index (χ4v) is 1.46. The number of esters is 1. The monoisotopic (exact) mass is 264 g/mol. The van der Waals surface area contributed by atoms with E-state index in [1.807, 2.05) is 0 Å². The van der Waals surface area contributed by atoms with E-state index in [0.717, 1.165) is 12.8 Å². The van der Waals surface area contributed by atoms with Crippen LogP contribution in [0.25, 0.3) is 0 Å². The number of ether oxygens (including phenoxy) is 1. The Balaban J connectivity index is 1.73. The van der Waals surface area contributed by atoms with E-state index in [1.54, 1.807) is 0 Å². The summed E-state index contributed by atoms with van der Waals surface area (Å²) in [6.45, 7) is 0.477. The largest absolute Gasteiger partial charge is 0.464 e. The summed E-state index contributed by atoms with van der Waals surface area (Å²) in [4.78, 5) is 30.5. The minimum atomic E-state index is -0.525. The van der Waals surface area contributed by atoms with Gasteiger partial charge in [-0.15, -0.1) is 0 Å². The van der Waals surface area contributed by atoms with E-state index < -0.39 is 5.97 Å². The van der Waals surface area contributed by atoms with E-state index in [2.05, 4.69) is 25.3 Å². The van der Waals surface area contributed by atoms with Crippen molar-refractivity contribution in [2.75, 3.05) is 19.0 Å². The lowest BCUT2D eigenvalue weighted by atomic mass is 10.4. The highest BCUT2D eigenvalue weighted by atomic mass is 16.5. The van der Waals surface area contributed by atoms with Gasteiger partial charge in [0.1, 0.15) is 5.82 Å². The van der Waals surface area contributed by atoms with Crippen molar-refractivity contribution in [3.63, 3.8) is 0 Å². The van der Waals surface area contributed by atoms with E-state index in [1.165, 1.54) is 19.5 Å². The van der Waals surface area contributed by atoms with Crippen molar-refractivity contribution >= 4 is 17.7 Å². The maximum absolute atomic E-state index is 11.4. The second-order valence-electron chi connectivity index (χ2n) is 4.30. The smallest absolute Gasteiger partial charge is 0.358 e. The van der Waals surface area contributed by atoms with Crippen molar-refractivity contribution in [2.24, 2.45) is 0 Å². The molecule has 102 valence electrons. The van der Waals surface area contributed by atoms with Gasteiger partial charge in [-0.2, -0.15) is 0 Å². The zero-order chi connectivity index (χ0) is 13.7. The van der Waals surface area contributed by atoms with Gasteiger partial charge in [0.15, 0.2) is 5.69 Å². The van der Waals surface area contributed by atoms with Crippen LogP contribution in [-0.4, -0.2) is 41.5 Å². The van der Waals surface area contributed by atoms with Crippen molar-refractivity contribution in [1.29, 1.82) is 0 Å². The molecule has 1 aliphatic rings. The Labute approximate surface area is 110 Å². The van der Waals surface area contributed by atoms with Crippen LogP contribution in [0.15, 0.2) is 12.4 Å². The Morgan fingerprint density at radius 2 is 2.16 bits per heavy atom. The summed E-state index contributed by atoms with van der Waals surface area (Å²) >= 11 is 0. The van der Waals surface area contributed by atoms with Crippen molar-refractivity contribution in [2.45, 2.75) is 25.3 Å². The fraction of sp³-hybridized carbons (Fsp3) is 0.500. The molecule has 0 bridgehead atoms. The number of carbonyl (C=O) groups excluding carboxylic acids is 2. The number of nitrogens with zero attached hydrogens (tertiary/aromatic N) is 2. The van der Waals surface area contributed by atoms with Crippen LogP contribution in [0.5, 0.6) is 0 Å². The lowest BCUT2D eigenvalue weighted by Gasteiger charge is -2.06. The van der Waals surface area contributed by atoms with E-state index in [-0.39, 0.29) is 11.6 Å². The van der Waals surface area contributed by atoms with Gasteiger partial charge in [-0.1, -0.05) is 0 Å². The van der Waals surface area contributed by atoms with Crippen LogP contribution in [0.1, 0.15) is 29.8 Å². The molecule has 2 rings (SSSR count). The molecule has 0 radical (unpaired) electrons. The van der Waals surface area contributed by atoms with Gasteiger partial charge >= 0.3 is 5.97 Å². The molecule has 1 aromatic heterocycles. The summed E-state index contributed by atoms with van der Waals surface area (Å²) in [6, 6.07) is 0.381. The number of nitrogens with one attached hydrogen (secondary N) is 2. The zero-order valence-corrected chi connectivity index (χ0v) is 10.7. The van der Waals surface area contributed by atoms with E-state index in [4.69, 9.17) is 0 Å². The maximum atomic E-state index is 11.4. The van der Waals surface area contributed by atoms with Gasteiger partial charge in [-0.25, -0.2) is 14.8 Å². The molecular weight excluding hydrogens is 248 g/mol. The molecule has 0 unspecified atom stereocenters. The molecule has 7 nitrogen and oxygen atoms in total. The summed E-state index contributed by atoms with van der Waals surface area (Å²) in [5.41, 5.74) is 0.152.